The van der Waals surface area contributed by atoms with Gasteiger partial charge >= 0.3 is 0 Å². The molecule has 1 saturated heterocycles. The fourth-order valence-corrected chi connectivity index (χ4v) is 5.76. The van der Waals surface area contributed by atoms with Crippen LogP contribution < -0.4 is 10.1 Å². The van der Waals surface area contributed by atoms with E-state index in [1.165, 1.54) is 11.3 Å². The summed E-state index contributed by atoms with van der Waals surface area (Å²) in [6.45, 7) is 3.02. The lowest BCUT2D eigenvalue weighted by Gasteiger charge is -2.27. The number of halogens is 1. The number of piperidine rings is 1. The Bertz CT molecular complexity index is 1230. The Hall–Kier alpha value is -2.90. The Morgan fingerprint density at radius 3 is 2.85 bits per heavy atom. The average molecular weight is 482 g/mol. The lowest BCUT2D eigenvalue weighted by atomic mass is 10.1. The molecule has 6 nitrogen and oxygen atoms in total. The number of benzene rings is 2. The van der Waals surface area contributed by atoms with Gasteiger partial charge in [0.05, 0.1) is 23.0 Å². The number of amides is 2. The van der Waals surface area contributed by atoms with E-state index in [4.69, 9.17) is 16.3 Å². The van der Waals surface area contributed by atoms with Gasteiger partial charge in [-0.3, -0.25) is 9.59 Å². The van der Waals surface area contributed by atoms with Crippen molar-refractivity contribution < 1.29 is 14.3 Å². The van der Waals surface area contributed by atoms with E-state index >= 15 is 0 Å². The number of hydrogen-bond donors (Lipinski definition) is 1. The minimum Gasteiger partial charge on any atom is -0.497 e. The van der Waals surface area contributed by atoms with Crippen LogP contribution in [0, 0.1) is 18.8 Å². The van der Waals surface area contributed by atoms with Crippen LogP contribution in [0.5, 0.6) is 5.75 Å². The first kappa shape index (κ1) is 21.9. The highest BCUT2D eigenvalue weighted by atomic mass is 35.5. The summed E-state index contributed by atoms with van der Waals surface area (Å²) in [5.41, 5.74) is 1.89. The summed E-state index contributed by atoms with van der Waals surface area (Å²) in [7, 11) is 1.57. The number of aryl methyl sites for hydroxylation is 1. The molecular weight excluding hydrogens is 458 g/mol. The van der Waals surface area contributed by atoms with Crippen LogP contribution >= 0.6 is 22.9 Å². The summed E-state index contributed by atoms with van der Waals surface area (Å²) in [4.78, 5) is 33.6. The second-order valence-electron chi connectivity index (χ2n) is 8.55. The highest BCUT2D eigenvalue weighted by Crippen LogP contribution is 2.50. The molecule has 5 rings (SSSR count). The van der Waals surface area contributed by atoms with Crippen molar-refractivity contribution in [3.63, 3.8) is 0 Å². The first-order chi connectivity index (χ1) is 15.9. The Balaban J connectivity index is 1.34. The van der Waals surface area contributed by atoms with E-state index in [1.54, 1.807) is 31.4 Å². The molecule has 170 valence electrons. The van der Waals surface area contributed by atoms with E-state index in [9.17, 15) is 9.59 Å². The first-order valence-electron chi connectivity index (χ1n) is 10.9. The molecule has 1 aromatic heterocycles. The topological polar surface area (TPSA) is 71.5 Å². The molecule has 1 saturated carbocycles. The second-order valence-corrected chi connectivity index (χ2v) is 10.2. The van der Waals surface area contributed by atoms with Crippen molar-refractivity contribution in [3.8, 4) is 16.2 Å². The number of fused-ring (bicyclic) bond motifs is 1. The van der Waals surface area contributed by atoms with E-state index in [1.807, 2.05) is 36.1 Å². The molecule has 2 aliphatic rings. The molecule has 0 bridgehead atoms. The van der Waals surface area contributed by atoms with Gasteiger partial charge in [0, 0.05) is 23.7 Å². The normalized spacial score (nSPS) is 20.9. The molecule has 0 spiro atoms. The fourth-order valence-electron chi connectivity index (χ4n) is 4.66. The zero-order valence-corrected chi connectivity index (χ0v) is 19.9. The van der Waals surface area contributed by atoms with Crippen molar-refractivity contribution >= 4 is 34.8 Å². The summed E-state index contributed by atoms with van der Waals surface area (Å²) in [6, 6.07) is 14.5. The van der Waals surface area contributed by atoms with Gasteiger partial charge in [-0.15, -0.1) is 11.3 Å². The van der Waals surface area contributed by atoms with Crippen LogP contribution in [0.15, 0.2) is 48.5 Å². The van der Waals surface area contributed by atoms with E-state index in [2.05, 4.69) is 10.3 Å². The largest absolute Gasteiger partial charge is 0.497 e. The summed E-state index contributed by atoms with van der Waals surface area (Å²) >= 11 is 7.69. The third-order valence-electron chi connectivity index (χ3n) is 6.39. The second kappa shape index (κ2) is 8.80. The molecule has 3 atom stereocenters. The van der Waals surface area contributed by atoms with Crippen LogP contribution in [0.3, 0.4) is 0 Å². The van der Waals surface area contributed by atoms with Gasteiger partial charge < -0.3 is 15.0 Å². The zero-order valence-electron chi connectivity index (χ0n) is 18.4. The van der Waals surface area contributed by atoms with Crippen molar-refractivity contribution in [2.24, 2.45) is 11.8 Å². The van der Waals surface area contributed by atoms with Gasteiger partial charge in [-0.2, -0.15) is 0 Å². The third kappa shape index (κ3) is 4.35. The predicted molar refractivity (Wildman–Crippen MR) is 129 cm³/mol. The van der Waals surface area contributed by atoms with Gasteiger partial charge in [0.2, 0.25) is 0 Å². The molecule has 33 heavy (non-hydrogen) atoms. The maximum atomic E-state index is 13.6. The maximum Gasteiger partial charge on any atom is 0.274 e. The number of thiazole rings is 1. The average Bonchev–Trinajstić information content (AvgIpc) is 3.33. The van der Waals surface area contributed by atoms with E-state index in [-0.39, 0.29) is 17.9 Å². The highest BCUT2D eigenvalue weighted by molar-refractivity contribution is 7.15. The van der Waals surface area contributed by atoms with Gasteiger partial charge in [-0.05, 0) is 61.1 Å². The van der Waals surface area contributed by atoms with E-state index in [0.717, 1.165) is 21.9 Å². The molecule has 3 aromatic rings. The van der Waals surface area contributed by atoms with Gasteiger partial charge in [0.1, 0.15) is 11.4 Å². The SMILES string of the molecule is COc1cccc(C(=O)NCC2C3CC3CN2C(=O)c2nc(C)sc2-c2cccc(Cl)c2)c1. The van der Waals surface area contributed by atoms with Gasteiger partial charge in [-0.1, -0.05) is 29.8 Å². The lowest BCUT2D eigenvalue weighted by Crippen LogP contribution is -2.45. The van der Waals surface area contributed by atoms with Gasteiger partial charge in [0.25, 0.3) is 11.8 Å². The van der Waals surface area contributed by atoms with Crippen LogP contribution in [0.25, 0.3) is 10.4 Å². The van der Waals surface area contributed by atoms with Crippen LogP contribution in [-0.4, -0.2) is 47.9 Å². The van der Waals surface area contributed by atoms with Crippen LogP contribution in [-0.2, 0) is 0 Å². The highest BCUT2D eigenvalue weighted by Gasteiger charge is 2.54. The number of nitrogens with zero attached hydrogens (tertiary/aromatic N) is 2. The smallest absolute Gasteiger partial charge is 0.274 e. The zero-order chi connectivity index (χ0) is 23.1. The number of carbonyl (C=O) groups is 2. The Kier molecular flexibility index (Phi) is 5.85. The molecule has 0 radical (unpaired) electrons. The minimum absolute atomic E-state index is 0.0359. The number of methoxy groups -OCH3 is 1. The lowest BCUT2D eigenvalue weighted by molar-refractivity contribution is 0.0690. The molecule has 2 amide bonds. The molecule has 8 heteroatoms. The van der Waals surface area contributed by atoms with Crippen LogP contribution in [0.4, 0.5) is 0 Å². The van der Waals surface area contributed by atoms with E-state index < -0.39 is 0 Å². The number of aromatic nitrogens is 1. The number of likely N-dealkylation sites (tertiary alicyclic amines) is 1. The molecular formula is C25H24ClN3O3S. The molecule has 2 fully saturated rings. The summed E-state index contributed by atoms with van der Waals surface area (Å²) in [5, 5.41) is 4.48. The van der Waals surface area contributed by atoms with Crippen molar-refractivity contribution in [1.82, 2.24) is 15.2 Å². The van der Waals surface area contributed by atoms with Crippen LogP contribution in [0.2, 0.25) is 5.02 Å². The minimum atomic E-state index is -0.172. The molecule has 2 heterocycles. The third-order valence-corrected chi connectivity index (χ3v) is 7.65. The number of nitrogens with one attached hydrogen (secondary N) is 1. The summed E-state index contributed by atoms with van der Waals surface area (Å²) in [5.74, 6) is 1.31. The van der Waals surface area contributed by atoms with Crippen molar-refractivity contribution in [3.05, 3.63) is 69.8 Å². The maximum absolute atomic E-state index is 13.6. The molecule has 2 aromatic carbocycles. The first-order valence-corrected chi connectivity index (χ1v) is 12.1. The van der Waals surface area contributed by atoms with Gasteiger partial charge in [0.15, 0.2) is 0 Å². The molecule has 1 aliphatic heterocycles. The molecule has 1 N–H and O–H groups in total. The van der Waals surface area contributed by atoms with Crippen molar-refractivity contribution in [2.45, 2.75) is 19.4 Å². The number of ether oxygens (including phenoxy) is 1. The van der Waals surface area contributed by atoms with Crippen molar-refractivity contribution in [1.29, 1.82) is 0 Å². The number of hydrogen-bond acceptors (Lipinski definition) is 5. The number of rotatable bonds is 6. The predicted octanol–water partition coefficient (Wildman–Crippen LogP) is 4.67. The fraction of sp³-hybridized carbons (Fsp3) is 0.320. The van der Waals surface area contributed by atoms with E-state index in [0.29, 0.717) is 47.0 Å². The van der Waals surface area contributed by atoms with Crippen LogP contribution in [0.1, 0.15) is 32.3 Å². The molecule has 1 aliphatic carbocycles. The Morgan fingerprint density at radius 1 is 1.24 bits per heavy atom. The number of carbonyl (C=O) groups excluding carboxylic acids is 2. The Labute approximate surface area is 201 Å². The van der Waals surface area contributed by atoms with Gasteiger partial charge in [-0.25, -0.2) is 4.98 Å². The Morgan fingerprint density at radius 2 is 2.06 bits per heavy atom. The molecule has 3 unspecified atom stereocenters. The summed E-state index contributed by atoms with van der Waals surface area (Å²) < 4.78 is 5.21. The summed E-state index contributed by atoms with van der Waals surface area (Å²) in [6.07, 6.45) is 1.10. The quantitative estimate of drug-likeness (QED) is 0.555. The standard InChI is InChI=1S/C25H24ClN3O3S/c1-14-28-22(23(33-14)15-5-3-7-18(26)9-15)25(31)29-13-17-11-20(17)21(29)12-27-24(30)16-6-4-8-19(10-16)32-2/h3-10,17,20-21H,11-13H2,1-2H3,(H,27,30). The van der Waals surface area contributed by atoms with Crippen molar-refractivity contribution in [2.75, 3.05) is 20.2 Å². The monoisotopic (exact) mass is 481 g/mol.